The molecule has 1 aliphatic rings. The fourth-order valence-corrected chi connectivity index (χ4v) is 4.59. The van der Waals surface area contributed by atoms with Crippen LogP contribution >= 0.6 is 0 Å². The Labute approximate surface area is 200 Å². The Morgan fingerprint density at radius 1 is 1.15 bits per heavy atom. The molecule has 1 saturated carbocycles. The summed E-state index contributed by atoms with van der Waals surface area (Å²) in [6, 6.07) is 15.9. The number of hydrogen-bond donors (Lipinski definition) is 1. The molecular formula is C27H31N3O4. The van der Waals surface area contributed by atoms with Crippen molar-refractivity contribution in [3.8, 4) is 11.8 Å². The molecule has 0 aliphatic heterocycles. The number of aryl methyl sites for hydroxylation is 1. The van der Waals surface area contributed by atoms with Crippen LogP contribution in [0.25, 0.3) is 10.9 Å². The Morgan fingerprint density at radius 3 is 2.59 bits per heavy atom. The number of methoxy groups -OCH3 is 1. The Kier molecular flexibility index (Phi) is 7.71. The van der Waals surface area contributed by atoms with Crippen LogP contribution in [0.1, 0.15) is 49.4 Å². The lowest BCUT2D eigenvalue weighted by molar-refractivity contribution is 0.114. The second-order valence-corrected chi connectivity index (χ2v) is 8.51. The molecule has 1 N–H and O–H groups in total. The lowest BCUT2D eigenvalue weighted by Crippen LogP contribution is -2.20. The Balaban J connectivity index is 1.51. The van der Waals surface area contributed by atoms with Crippen molar-refractivity contribution in [2.45, 2.75) is 51.7 Å². The van der Waals surface area contributed by atoms with Crippen molar-refractivity contribution < 1.29 is 19.0 Å². The van der Waals surface area contributed by atoms with Crippen LogP contribution in [-0.4, -0.2) is 37.1 Å². The van der Waals surface area contributed by atoms with Gasteiger partial charge in [0.25, 0.3) is 0 Å². The van der Waals surface area contributed by atoms with E-state index in [2.05, 4.69) is 22.9 Å². The van der Waals surface area contributed by atoms with Gasteiger partial charge in [-0.15, -0.1) is 0 Å². The number of amides is 1. The largest absolute Gasteiger partial charge is 0.491 e. The number of fused-ring (bicyclic) bond motifs is 1. The van der Waals surface area contributed by atoms with Crippen molar-refractivity contribution in [1.82, 2.24) is 4.57 Å². The van der Waals surface area contributed by atoms with Crippen LogP contribution in [0.5, 0.6) is 5.75 Å². The van der Waals surface area contributed by atoms with Crippen molar-refractivity contribution in [2.75, 3.05) is 25.6 Å². The van der Waals surface area contributed by atoms with Gasteiger partial charge in [-0.25, -0.2) is 4.79 Å². The summed E-state index contributed by atoms with van der Waals surface area (Å²) in [5, 5.41) is 13.7. The minimum Gasteiger partial charge on any atom is -0.491 e. The average Bonchev–Trinajstić information content (AvgIpc) is 3.45. The molecular weight excluding hydrogens is 430 g/mol. The molecule has 0 radical (unpaired) electrons. The zero-order valence-corrected chi connectivity index (χ0v) is 19.8. The highest BCUT2D eigenvalue weighted by Gasteiger charge is 2.20. The van der Waals surface area contributed by atoms with Crippen LogP contribution in [0, 0.1) is 11.3 Å². The lowest BCUT2D eigenvalue weighted by atomic mass is 10.0. The molecule has 0 unspecified atom stereocenters. The Morgan fingerprint density at radius 2 is 1.91 bits per heavy atom. The second-order valence-electron chi connectivity index (χ2n) is 8.51. The molecule has 3 aromatic rings. The summed E-state index contributed by atoms with van der Waals surface area (Å²) in [5.74, 6) is 0.757. The lowest BCUT2D eigenvalue weighted by Gasteiger charge is -2.13. The number of hydrogen-bond acceptors (Lipinski definition) is 5. The highest BCUT2D eigenvalue weighted by atomic mass is 16.6. The third-order valence-electron chi connectivity index (χ3n) is 6.28. The number of rotatable bonds is 9. The summed E-state index contributed by atoms with van der Waals surface area (Å²) in [6.45, 7) is 3.80. The van der Waals surface area contributed by atoms with Gasteiger partial charge in [-0.05, 0) is 62.4 Å². The van der Waals surface area contributed by atoms with Gasteiger partial charge in [0.15, 0.2) is 0 Å². The Bertz CT molecular complexity index is 1170. The van der Waals surface area contributed by atoms with E-state index >= 15 is 0 Å². The molecule has 7 heteroatoms. The van der Waals surface area contributed by atoms with Crippen molar-refractivity contribution in [3.05, 3.63) is 59.3 Å². The molecule has 7 nitrogen and oxygen atoms in total. The van der Waals surface area contributed by atoms with Crippen molar-refractivity contribution in [2.24, 2.45) is 0 Å². The molecule has 4 rings (SSSR count). The van der Waals surface area contributed by atoms with Gasteiger partial charge in [-0.3, -0.25) is 5.32 Å². The van der Waals surface area contributed by atoms with Crippen LogP contribution in [-0.2, 0) is 22.4 Å². The molecule has 1 fully saturated rings. The second kappa shape index (κ2) is 11.1. The first kappa shape index (κ1) is 23.7. The maximum absolute atomic E-state index is 12.1. The van der Waals surface area contributed by atoms with Crippen LogP contribution in [0.3, 0.4) is 0 Å². The zero-order valence-electron chi connectivity index (χ0n) is 19.8. The van der Waals surface area contributed by atoms with Gasteiger partial charge in [0.1, 0.15) is 24.5 Å². The SMILES string of the molecule is CCn1c(Cc2ccc(NC(=O)OC3CCCC3)cc2)c(C#N)c2ccc(OCCOC)cc21. The fraction of sp³-hybridized carbons (Fsp3) is 0.407. The quantitative estimate of drug-likeness (QED) is 0.417. The van der Waals surface area contributed by atoms with Gasteiger partial charge in [0.2, 0.25) is 0 Å². The van der Waals surface area contributed by atoms with Gasteiger partial charge in [-0.2, -0.15) is 5.26 Å². The van der Waals surface area contributed by atoms with Gasteiger partial charge in [-0.1, -0.05) is 12.1 Å². The number of carbonyl (C=O) groups is 1. The number of nitriles is 1. The van der Waals surface area contributed by atoms with Gasteiger partial charge >= 0.3 is 6.09 Å². The summed E-state index contributed by atoms with van der Waals surface area (Å²) >= 11 is 0. The van der Waals surface area contributed by atoms with Crippen molar-refractivity contribution in [1.29, 1.82) is 5.26 Å². The van der Waals surface area contributed by atoms with Gasteiger partial charge in [0, 0.05) is 42.9 Å². The maximum atomic E-state index is 12.1. The van der Waals surface area contributed by atoms with E-state index < -0.39 is 6.09 Å². The van der Waals surface area contributed by atoms with E-state index in [4.69, 9.17) is 14.2 Å². The van der Waals surface area contributed by atoms with E-state index in [-0.39, 0.29) is 6.10 Å². The highest BCUT2D eigenvalue weighted by molar-refractivity contribution is 5.89. The van der Waals surface area contributed by atoms with Crippen molar-refractivity contribution >= 4 is 22.7 Å². The normalized spacial score (nSPS) is 13.7. The molecule has 0 spiro atoms. The van der Waals surface area contributed by atoms with E-state index in [0.717, 1.165) is 60.1 Å². The summed E-state index contributed by atoms with van der Waals surface area (Å²) < 4.78 is 18.5. The van der Waals surface area contributed by atoms with Gasteiger partial charge in [0.05, 0.1) is 17.7 Å². The van der Waals surface area contributed by atoms with Crippen LogP contribution in [0.2, 0.25) is 0 Å². The Hall–Kier alpha value is -3.50. The monoisotopic (exact) mass is 461 g/mol. The molecule has 0 bridgehead atoms. The molecule has 1 amide bonds. The summed E-state index contributed by atoms with van der Waals surface area (Å²) in [4.78, 5) is 12.1. The minimum atomic E-state index is -0.402. The van der Waals surface area contributed by atoms with E-state index in [9.17, 15) is 10.1 Å². The van der Waals surface area contributed by atoms with E-state index in [1.807, 2.05) is 42.5 Å². The molecule has 178 valence electrons. The minimum absolute atomic E-state index is 0.0329. The van der Waals surface area contributed by atoms with Gasteiger partial charge < -0.3 is 18.8 Å². The third kappa shape index (κ3) is 5.35. The summed E-state index contributed by atoms with van der Waals surface area (Å²) in [6.07, 6.45) is 4.37. The number of aromatic nitrogens is 1. The molecule has 0 atom stereocenters. The number of carbonyl (C=O) groups excluding carboxylic acids is 1. The maximum Gasteiger partial charge on any atom is 0.411 e. The van der Waals surface area contributed by atoms with E-state index in [1.54, 1.807) is 7.11 Å². The van der Waals surface area contributed by atoms with Crippen LogP contribution in [0.4, 0.5) is 10.5 Å². The first-order chi connectivity index (χ1) is 16.6. The zero-order chi connectivity index (χ0) is 23.9. The number of benzene rings is 2. The van der Waals surface area contributed by atoms with E-state index in [0.29, 0.717) is 30.9 Å². The highest BCUT2D eigenvalue weighted by Crippen LogP contribution is 2.31. The van der Waals surface area contributed by atoms with Crippen LogP contribution < -0.4 is 10.1 Å². The fourth-order valence-electron chi connectivity index (χ4n) is 4.59. The topological polar surface area (TPSA) is 85.5 Å². The van der Waals surface area contributed by atoms with Crippen molar-refractivity contribution in [3.63, 3.8) is 0 Å². The average molecular weight is 462 g/mol. The summed E-state index contributed by atoms with van der Waals surface area (Å²) in [7, 11) is 1.64. The van der Waals surface area contributed by atoms with Crippen LogP contribution in [0.15, 0.2) is 42.5 Å². The third-order valence-corrected chi connectivity index (χ3v) is 6.28. The molecule has 34 heavy (non-hydrogen) atoms. The first-order valence-electron chi connectivity index (χ1n) is 11.9. The molecule has 1 aromatic heterocycles. The smallest absolute Gasteiger partial charge is 0.411 e. The van der Waals surface area contributed by atoms with E-state index in [1.165, 1.54) is 0 Å². The first-order valence-corrected chi connectivity index (χ1v) is 11.9. The number of ether oxygens (including phenoxy) is 3. The number of nitrogens with one attached hydrogen (secondary N) is 1. The number of anilines is 1. The summed E-state index contributed by atoms with van der Waals surface area (Å²) in [5.41, 5.74) is 4.39. The predicted molar refractivity (Wildman–Crippen MR) is 131 cm³/mol. The molecule has 2 aromatic carbocycles. The molecule has 0 saturated heterocycles. The molecule has 1 heterocycles. The number of nitrogens with zero attached hydrogens (tertiary/aromatic N) is 2. The predicted octanol–water partition coefficient (Wildman–Crippen LogP) is 5.64. The standard InChI is InChI=1S/C27H31N3O4/c1-3-30-25(24(18-28)23-13-12-22(17-26(23)30)33-15-14-32-2)16-19-8-10-20(11-9-19)29-27(31)34-21-6-4-5-7-21/h8-13,17,21H,3-7,14-16H2,1-2H3,(H,29,31). The molecule has 1 aliphatic carbocycles.